The topological polar surface area (TPSA) is 9.86 Å². The van der Waals surface area contributed by atoms with Crippen LogP contribution < -0.4 is 0 Å². The number of allylic oxidation sites excluding steroid dienone is 1. The van der Waals surface area contributed by atoms with E-state index in [9.17, 15) is 0 Å². The summed E-state index contributed by atoms with van der Waals surface area (Å²) >= 11 is 0. The molecule has 2 aromatic heterocycles. The van der Waals surface area contributed by atoms with Crippen molar-refractivity contribution in [2.24, 2.45) is 0 Å². The first kappa shape index (κ1) is 26.6. The lowest BCUT2D eigenvalue weighted by atomic mass is 9.82. The van der Waals surface area contributed by atoms with Crippen LogP contribution in [0.4, 0.5) is 0 Å². The highest BCUT2D eigenvalue weighted by Crippen LogP contribution is 2.49. The zero-order valence-electron chi connectivity index (χ0n) is 26.7. The maximum Gasteiger partial charge on any atom is 0.0541 e. The van der Waals surface area contributed by atoms with Gasteiger partial charge in [0, 0.05) is 44.2 Å². The Morgan fingerprint density at radius 1 is 0.511 bits per heavy atom. The number of aromatic nitrogens is 2. The zero-order chi connectivity index (χ0) is 31.3. The maximum atomic E-state index is 2.46. The van der Waals surface area contributed by atoms with Gasteiger partial charge >= 0.3 is 0 Å². The molecular weight excluding hydrogens is 569 g/mol. The van der Waals surface area contributed by atoms with Gasteiger partial charge in [0.2, 0.25) is 0 Å². The van der Waals surface area contributed by atoms with Crippen LogP contribution in [0.3, 0.4) is 0 Å². The van der Waals surface area contributed by atoms with E-state index in [1.54, 1.807) is 0 Å². The third-order valence-corrected chi connectivity index (χ3v) is 10.8. The van der Waals surface area contributed by atoms with Gasteiger partial charge in [-0.15, -0.1) is 0 Å². The Balaban J connectivity index is 1.14. The summed E-state index contributed by atoms with van der Waals surface area (Å²) in [4.78, 5) is 0. The van der Waals surface area contributed by atoms with Gasteiger partial charge in [-0.25, -0.2) is 0 Å². The average Bonchev–Trinajstić information content (AvgIpc) is 3.71. The van der Waals surface area contributed by atoms with Crippen molar-refractivity contribution < 1.29 is 0 Å². The summed E-state index contributed by atoms with van der Waals surface area (Å²) < 4.78 is 4.92. The van der Waals surface area contributed by atoms with Gasteiger partial charge in [-0.3, -0.25) is 0 Å². The number of hydrogen-bond acceptors (Lipinski definition) is 0. The van der Waals surface area contributed by atoms with Gasteiger partial charge in [-0.1, -0.05) is 105 Å². The fraction of sp³-hybridized carbons (Fsp3) is 0.111. The molecule has 0 bridgehead atoms. The van der Waals surface area contributed by atoms with Crippen LogP contribution in [-0.2, 0) is 11.8 Å². The van der Waals surface area contributed by atoms with Crippen LogP contribution >= 0.6 is 0 Å². The first-order chi connectivity index (χ1) is 23.1. The molecular formula is C45H34N2. The Labute approximate surface area is 274 Å². The zero-order valence-corrected chi connectivity index (χ0v) is 26.7. The Bertz CT molecular complexity index is 2590. The van der Waals surface area contributed by atoms with Gasteiger partial charge in [0.25, 0.3) is 0 Å². The summed E-state index contributed by atoms with van der Waals surface area (Å²) in [5, 5.41) is 3.88. The number of hydrogen-bond donors (Lipinski definition) is 0. The molecule has 0 radical (unpaired) electrons. The van der Waals surface area contributed by atoms with Gasteiger partial charge in [0.1, 0.15) is 0 Å². The second-order valence-electron chi connectivity index (χ2n) is 13.7. The summed E-state index contributed by atoms with van der Waals surface area (Å²) in [7, 11) is 0. The summed E-state index contributed by atoms with van der Waals surface area (Å²) in [6.07, 6.45) is 6.79. The molecule has 2 nitrogen and oxygen atoms in total. The number of para-hydroxylation sites is 2. The molecule has 47 heavy (non-hydrogen) atoms. The Hall–Kier alpha value is -5.60. The molecule has 0 saturated heterocycles. The number of fused-ring (bicyclic) bond motifs is 9. The van der Waals surface area contributed by atoms with Crippen molar-refractivity contribution in [3.8, 4) is 33.6 Å². The molecule has 0 spiro atoms. The highest BCUT2D eigenvalue weighted by Gasteiger charge is 2.35. The predicted octanol–water partition coefficient (Wildman–Crippen LogP) is 11.7. The maximum absolute atomic E-state index is 2.46. The largest absolute Gasteiger partial charge is 0.313 e. The minimum absolute atomic E-state index is 0.0413. The highest BCUT2D eigenvalue weighted by molar-refractivity contribution is 6.11. The standard InChI is InChI=1S/C45H34N2/c1-45(2)39-17-9-6-14-33(39)34-23-22-32(28-40(34)45)47-42-19-11-8-16-36(42)38-27-30(21-25-44(38)47)29-20-24-43-37(26-29)35-15-7-10-18-41(35)46(43)31-12-4-3-5-13-31/h3-9,11-17,19-28H,10,18H2,1-2H3. The van der Waals surface area contributed by atoms with Crippen molar-refractivity contribution >= 4 is 38.8 Å². The van der Waals surface area contributed by atoms with Crippen LogP contribution in [0, 0.1) is 0 Å². The van der Waals surface area contributed by atoms with Gasteiger partial charge in [0.15, 0.2) is 0 Å². The van der Waals surface area contributed by atoms with Crippen molar-refractivity contribution in [2.45, 2.75) is 32.1 Å². The third-order valence-electron chi connectivity index (χ3n) is 10.8. The van der Waals surface area contributed by atoms with E-state index in [2.05, 4.69) is 169 Å². The van der Waals surface area contributed by atoms with Gasteiger partial charge < -0.3 is 9.13 Å². The summed E-state index contributed by atoms with van der Waals surface area (Å²) in [6.45, 7) is 4.72. The van der Waals surface area contributed by atoms with E-state index in [0.29, 0.717) is 0 Å². The SMILES string of the molecule is CC1(C)c2ccccc2-c2ccc(-n3c4ccccc4c4cc(-c5ccc6c(c5)c5c(n6-c6ccccc6)CCC=C5)ccc43)cc21. The highest BCUT2D eigenvalue weighted by atomic mass is 15.0. The lowest BCUT2D eigenvalue weighted by Crippen LogP contribution is -2.15. The second kappa shape index (κ2) is 9.70. The van der Waals surface area contributed by atoms with E-state index >= 15 is 0 Å². The molecule has 2 aliphatic carbocycles. The Kier molecular flexibility index (Phi) is 5.49. The fourth-order valence-corrected chi connectivity index (χ4v) is 8.54. The van der Waals surface area contributed by atoms with Crippen molar-refractivity contribution in [1.29, 1.82) is 0 Å². The van der Waals surface area contributed by atoms with E-state index in [4.69, 9.17) is 0 Å². The normalized spacial score (nSPS) is 14.5. The fourth-order valence-electron chi connectivity index (χ4n) is 8.54. The van der Waals surface area contributed by atoms with Crippen LogP contribution in [0.25, 0.3) is 72.4 Å². The van der Waals surface area contributed by atoms with E-state index in [1.807, 2.05) is 0 Å². The Morgan fingerprint density at radius 3 is 2.04 bits per heavy atom. The third kappa shape index (κ3) is 3.73. The molecule has 0 aliphatic heterocycles. The first-order valence-corrected chi connectivity index (χ1v) is 16.8. The molecule has 0 amide bonds. The predicted molar refractivity (Wildman–Crippen MR) is 198 cm³/mol. The monoisotopic (exact) mass is 602 g/mol. The minimum Gasteiger partial charge on any atom is -0.313 e. The smallest absolute Gasteiger partial charge is 0.0541 e. The Morgan fingerprint density at radius 2 is 1.19 bits per heavy atom. The average molecular weight is 603 g/mol. The van der Waals surface area contributed by atoms with E-state index < -0.39 is 0 Å². The molecule has 0 atom stereocenters. The molecule has 10 rings (SSSR count). The minimum atomic E-state index is -0.0413. The first-order valence-electron chi connectivity index (χ1n) is 16.8. The van der Waals surface area contributed by atoms with E-state index in [1.165, 1.54) is 88.7 Å². The summed E-state index contributed by atoms with van der Waals surface area (Å²) in [6, 6.07) is 49.7. The van der Waals surface area contributed by atoms with Crippen LogP contribution in [0.15, 0.2) is 140 Å². The molecule has 0 fully saturated rings. The van der Waals surface area contributed by atoms with Gasteiger partial charge in [-0.2, -0.15) is 0 Å². The van der Waals surface area contributed by atoms with Crippen molar-refractivity contribution in [3.05, 3.63) is 162 Å². The van der Waals surface area contributed by atoms with Crippen LogP contribution in [0.2, 0.25) is 0 Å². The number of benzene rings is 6. The molecule has 0 N–H and O–H groups in total. The number of nitrogens with zero attached hydrogens (tertiary/aromatic N) is 2. The second-order valence-corrected chi connectivity index (χ2v) is 13.7. The van der Waals surface area contributed by atoms with Crippen LogP contribution in [-0.4, -0.2) is 9.13 Å². The van der Waals surface area contributed by atoms with Crippen LogP contribution in [0.5, 0.6) is 0 Å². The van der Waals surface area contributed by atoms with Crippen LogP contribution in [0.1, 0.15) is 42.7 Å². The molecule has 224 valence electrons. The quantitative estimate of drug-likeness (QED) is 0.190. The van der Waals surface area contributed by atoms with Crippen molar-refractivity contribution in [1.82, 2.24) is 9.13 Å². The summed E-state index contributed by atoms with van der Waals surface area (Å²) in [5.41, 5.74) is 16.9. The van der Waals surface area contributed by atoms with Crippen molar-refractivity contribution in [2.75, 3.05) is 0 Å². The molecule has 2 heterocycles. The van der Waals surface area contributed by atoms with Gasteiger partial charge in [-0.05, 0) is 101 Å². The van der Waals surface area contributed by atoms with Crippen molar-refractivity contribution in [3.63, 3.8) is 0 Å². The number of rotatable bonds is 3. The lowest BCUT2D eigenvalue weighted by Gasteiger charge is -2.22. The summed E-state index contributed by atoms with van der Waals surface area (Å²) in [5.74, 6) is 0. The molecule has 0 saturated carbocycles. The molecule has 6 aromatic carbocycles. The molecule has 2 heteroatoms. The molecule has 8 aromatic rings. The lowest BCUT2D eigenvalue weighted by molar-refractivity contribution is 0.660. The molecule has 2 aliphatic rings. The van der Waals surface area contributed by atoms with E-state index in [0.717, 1.165) is 12.8 Å². The van der Waals surface area contributed by atoms with Gasteiger partial charge in [0.05, 0.1) is 16.6 Å². The molecule has 0 unspecified atom stereocenters. The van der Waals surface area contributed by atoms with E-state index in [-0.39, 0.29) is 5.41 Å².